The summed E-state index contributed by atoms with van der Waals surface area (Å²) in [6.45, 7) is 0. The molecule has 2 unspecified atom stereocenters. The Morgan fingerprint density at radius 3 is 2.34 bits per heavy atom. The maximum Gasteiger partial charge on any atom is 0.160 e. The highest BCUT2D eigenvalue weighted by Gasteiger charge is 2.36. The molecule has 2 atom stereocenters. The lowest BCUT2D eigenvalue weighted by atomic mass is 9.78. The molecule has 2 aliphatic rings. The number of methoxy groups -OCH3 is 2. The minimum atomic E-state index is -0.771. The number of phenolic OH excluding ortho intramolecular Hbond substituents is 2. The molecular weight excluding hydrogens is 444 g/mol. The van der Waals surface area contributed by atoms with E-state index in [9.17, 15) is 15.3 Å². The molecule has 1 aliphatic carbocycles. The zero-order valence-corrected chi connectivity index (χ0v) is 19.5. The van der Waals surface area contributed by atoms with E-state index in [4.69, 9.17) is 14.2 Å². The van der Waals surface area contributed by atoms with E-state index in [2.05, 4.69) is 0 Å². The summed E-state index contributed by atoms with van der Waals surface area (Å²) in [6.07, 6.45) is 0.587. The largest absolute Gasteiger partial charge is 0.507 e. The number of fused-ring (bicyclic) bond motifs is 7. The van der Waals surface area contributed by atoms with Gasteiger partial charge in [0.15, 0.2) is 11.5 Å². The first-order valence-corrected chi connectivity index (χ1v) is 11.7. The molecule has 3 N–H and O–H groups in total. The van der Waals surface area contributed by atoms with E-state index < -0.39 is 12.2 Å². The van der Waals surface area contributed by atoms with Crippen LogP contribution in [0, 0.1) is 0 Å². The normalized spacial score (nSPS) is 18.3. The number of hydrogen-bond acceptors (Lipinski definition) is 6. The molecule has 6 heteroatoms. The fourth-order valence-electron chi connectivity index (χ4n) is 5.62. The average molecular weight is 471 g/mol. The van der Waals surface area contributed by atoms with Crippen molar-refractivity contribution in [1.29, 1.82) is 0 Å². The second-order valence-electron chi connectivity index (χ2n) is 9.13. The summed E-state index contributed by atoms with van der Waals surface area (Å²) in [5, 5.41) is 33.5. The maximum atomic E-state index is 11.1. The molecule has 6 rings (SSSR count). The molecule has 0 aromatic heterocycles. The molecular formula is C29H26O6. The van der Waals surface area contributed by atoms with Gasteiger partial charge in [0.1, 0.15) is 23.4 Å². The Morgan fingerprint density at radius 2 is 1.57 bits per heavy atom. The summed E-state index contributed by atoms with van der Waals surface area (Å²) in [5.74, 6) is 2.04. The minimum Gasteiger partial charge on any atom is -0.507 e. The van der Waals surface area contributed by atoms with Crippen LogP contribution >= 0.6 is 0 Å². The first-order chi connectivity index (χ1) is 17.0. The maximum absolute atomic E-state index is 11.1. The molecule has 1 aliphatic heterocycles. The van der Waals surface area contributed by atoms with Gasteiger partial charge in [0, 0.05) is 29.0 Å². The highest BCUT2D eigenvalue weighted by atomic mass is 16.5. The van der Waals surface area contributed by atoms with Gasteiger partial charge in [-0.25, -0.2) is 0 Å². The smallest absolute Gasteiger partial charge is 0.160 e. The van der Waals surface area contributed by atoms with E-state index in [1.807, 2.05) is 36.4 Å². The van der Waals surface area contributed by atoms with Crippen molar-refractivity contribution in [3.05, 3.63) is 76.9 Å². The fourth-order valence-corrected chi connectivity index (χ4v) is 5.62. The number of rotatable bonds is 3. The number of aryl methyl sites for hydroxylation is 1. The molecule has 4 aromatic carbocycles. The van der Waals surface area contributed by atoms with Crippen LogP contribution in [0.5, 0.6) is 28.7 Å². The third-order valence-electron chi connectivity index (χ3n) is 7.24. The van der Waals surface area contributed by atoms with Crippen LogP contribution in [-0.4, -0.2) is 35.6 Å². The van der Waals surface area contributed by atoms with Gasteiger partial charge in [-0.05, 0) is 58.7 Å². The van der Waals surface area contributed by atoms with E-state index in [0.717, 1.165) is 57.0 Å². The van der Waals surface area contributed by atoms with Gasteiger partial charge in [-0.2, -0.15) is 0 Å². The van der Waals surface area contributed by atoms with Crippen LogP contribution in [0.1, 0.15) is 28.4 Å². The zero-order valence-electron chi connectivity index (χ0n) is 19.5. The number of phenols is 2. The summed E-state index contributed by atoms with van der Waals surface area (Å²) in [5.41, 5.74) is 5.98. The van der Waals surface area contributed by atoms with Crippen LogP contribution in [0.3, 0.4) is 0 Å². The first-order valence-electron chi connectivity index (χ1n) is 11.7. The third kappa shape index (κ3) is 3.28. The summed E-state index contributed by atoms with van der Waals surface area (Å²) in [6, 6.07) is 16.6. The molecule has 4 aromatic rings. The van der Waals surface area contributed by atoms with Gasteiger partial charge in [-0.3, -0.25) is 0 Å². The van der Waals surface area contributed by atoms with E-state index in [1.165, 1.54) is 7.11 Å². The number of ether oxygens (including phenoxy) is 3. The lowest BCUT2D eigenvalue weighted by Crippen LogP contribution is -2.31. The molecule has 1 heterocycles. The van der Waals surface area contributed by atoms with Crippen LogP contribution in [0.4, 0.5) is 0 Å². The molecule has 35 heavy (non-hydrogen) atoms. The van der Waals surface area contributed by atoms with Crippen molar-refractivity contribution in [3.8, 4) is 39.9 Å². The van der Waals surface area contributed by atoms with Gasteiger partial charge in [0.25, 0.3) is 0 Å². The standard InChI is InChI=1S/C29H26O6/c1-33-25-12-16(8-10-21(25)30)29-23(32)13-20-19-9-7-15-11-22(31)17-5-3-4-6-18(17)27(15)28(19)26(34-2)14-24(20)35-29/h3-6,8,10-12,14,23,29-32H,7,9,13H2,1-2H3. The second-order valence-corrected chi connectivity index (χ2v) is 9.13. The molecule has 0 spiro atoms. The topological polar surface area (TPSA) is 88.4 Å². The lowest BCUT2D eigenvalue weighted by molar-refractivity contribution is 0.0202. The monoisotopic (exact) mass is 470 g/mol. The van der Waals surface area contributed by atoms with Gasteiger partial charge >= 0.3 is 0 Å². The molecule has 178 valence electrons. The summed E-state index contributed by atoms with van der Waals surface area (Å²) < 4.78 is 17.5. The Balaban J connectivity index is 1.52. The van der Waals surface area contributed by atoms with E-state index in [0.29, 0.717) is 23.7 Å². The molecule has 0 saturated carbocycles. The fraction of sp³-hybridized carbons (Fsp3) is 0.241. The zero-order chi connectivity index (χ0) is 24.3. The van der Waals surface area contributed by atoms with E-state index in [-0.39, 0.29) is 11.5 Å². The lowest BCUT2D eigenvalue weighted by Gasteiger charge is -2.35. The molecule has 0 amide bonds. The van der Waals surface area contributed by atoms with Crippen molar-refractivity contribution in [2.24, 2.45) is 0 Å². The SMILES string of the molecule is COc1cc(C2Oc3cc(OC)c4c(c3CC2O)CCc2cc(O)c3ccccc3c2-4)ccc1O. The molecule has 0 saturated heterocycles. The quantitative estimate of drug-likeness (QED) is 0.387. The van der Waals surface area contributed by atoms with Gasteiger partial charge in [-0.15, -0.1) is 0 Å². The van der Waals surface area contributed by atoms with Crippen molar-refractivity contribution in [2.75, 3.05) is 14.2 Å². The summed E-state index contributed by atoms with van der Waals surface area (Å²) in [4.78, 5) is 0. The van der Waals surface area contributed by atoms with Crippen LogP contribution in [0.2, 0.25) is 0 Å². The van der Waals surface area contributed by atoms with Gasteiger partial charge in [0.2, 0.25) is 0 Å². The Hall–Kier alpha value is -3.90. The number of aliphatic hydroxyl groups excluding tert-OH is 1. The molecule has 0 radical (unpaired) electrons. The van der Waals surface area contributed by atoms with Crippen molar-refractivity contribution in [1.82, 2.24) is 0 Å². The minimum absolute atomic E-state index is 0.0367. The van der Waals surface area contributed by atoms with Gasteiger partial charge in [0.05, 0.1) is 20.3 Å². The first kappa shape index (κ1) is 21.6. The van der Waals surface area contributed by atoms with Crippen molar-refractivity contribution < 1.29 is 29.5 Å². The summed E-state index contributed by atoms with van der Waals surface area (Å²) in [7, 11) is 3.14. The predicted molar refractivity (Wildman–Crippen MR) is 133 cm³/mol. The van der Waals surface area contributed by atoms with Crippen LogP contribution in [0.15, 0.2) is 54.6 Å². The second kappa shape index (κ2) is 8.10. The molecule has 0 bridgehead atoms. The Morgan fingerprint density at radius 1 is 0.800 bits per heavy atom. The average Bonchev–Trinajstić information content (AvgIpc) is 2.88. The van der Waals surface area contributed by atoms with Crippen LogP contribution in [-0.2, 0) is 19.3 Å². The number of benzene rings is 4. The highest BCUT2D eigenvalue weighted by Crippen LogP contribution is 2.51. The number of aliphatic hydroxyl groups is 1. The number of hydrogen-bond donors (Lipinski definition) is 3. The molecule has 6 nitrogen and oxygen atoms in total. The number of aromatic hydroxyl groups is 2. The highest BCUT2D eigenvalue weighted by molar-refractivity contribution is 6.04. The van der Waals surface area contributed by atoms with Crippen molar-refractivity contribution in [3.63, 3.8) is 0 Å². The van der Waals surface area contributed by atoms with Crippen molar-refractivity contribution >= 4 is 10.8 Å². The van der Waals surface area contributed by atoms with Crippen LogP contribution in [0.25, 0.3) is 21.9 Å². The van der Waals surface area contributed by atoms with E-state index in [1.54, 1.807) is 25.3 Å². The predicted octanol–water partition coefficient (Wildman–Crippen LogP) is 5.07. The Bertz CT molecular complexity index is 1470. The Labute approximate surface area is 202 Å². The van der Waals surface area contributed by atoms with Gasteiger partial charge in [-0.1, -0.05) is 30.3 Å². The van der Waals surface area contributed by atoms with Gasteiger partial charge < -0.3 is 29.5 Å². The van der Waals surface area contributed by atoms with Crippen LogP contribution < -0.4 is 14.2 Å². The molecule has 0 fully saturated rings. The Kier molecular flexibility index (Phi) is 5.00. The van der Waals surface area contributed by atoms with E-state index >= 15 is 0 Å². The third-order valence-corrected chi connectivity index (χ3v) is 7.24. The summed E-state index contributed by atoms with van der Waals surface area (Å²) >= 11 is 0. The van der Waals surface area contributed by atoms with Crippen molar-refractivity contribution in [2.45, 2.75) is 31.5 Å².